The maximum absolute atomic E-state index is 13.3. The van der Waals surface area contributed by atoms with Gasteiger partial charge in [0.2, 0.25) is 5.91 Å². The van der Waals surface area contributed by atoms with E-state index in [4.69, 9.17) is 4.74 Å². The Kier molecular flexibility index (Phi) is 6.31. The van der Waals surface area contributed by atoms with Gasteiger partial charge in [-0.15, -0.1) is 22.7 Å². The van der Waals surface area contributed by atoms with Crippen LogP contribution in [0.1, 0.15) is 54.3 Å². The molecule has 1 N–H and O–H groups in total. The zero-order valence-corrected chi connectivity index (χ0v) is 21.2. The summed E-state index contributed by atoms with van der Waals surface area (Å²) in [4.78, 5) is 33.5. The molecule has 2 aliphatic rings. The third-order valence-electron chi connectivity index (χ3n) is 7.15. The molecule has 2 atom stereocenters. The maximum atomic E-state index is 13.3. The number of amides is 2. The summed E-state index contributed by atoms with van der Waals surface area (Å²) in [6.45, 7) is 5.06. The Bertz CT molecular complexity index is 1180. The molecule has 178 valence electrons. The molecule has 1 aromatic carbocycles. The Morgan fingerprint density at radius 2 is 1.91 bits per heavy atom. The quantitative estimate of drug-likeness (QED) is 0.547. The predicted octanol–water partition coefficient (Wildman–Crippen LogP) is 4.89. The van der Waals surface area contributed by atoms with Crippen molar-refractivity contribution in [3.8, 4) is 9.88 Å². The highest BCUT2D eigenvalue weighted by Crippen LogP contribution is 2.52. The van der Waals surface area contributed by atoms with Crippen LogP contribution in [-0.2, 0) is 14.9 Å². The number of nitrogens with zero attached hydrogens (tertiary/aromatic N) is 2. The highest BCUT2D eigenvalue weighted by atomic mass is 32.1. The number of fused-ring (bicyclic) bond motifs is 2. The molecule has 0 bridgehead atoms. The number of nitrogens with one attached hydrogen (secondary N) is 1. The number of benzene rings is 1. The molecular weight excluding hydrogens is 466 g/mol. The van der Waals surface area contributed by atoms with Gasteiger partial charge < -0.3 is 15.0 Å². The van der Waals surface area contributed by atoms with Gasteiger partial charge in [-0.1, -0.05) is 44.2 Å². The van der Waals surface area contributed by atoms with E-state index < -0.39 is 0 Å². The summed E-state index contributed by atoms with van der Waals surface area (Å²) in [5.41, 5.74) is 2.64. The van der Waals surface area contributed by atoms with Crippen LogP contribution in [-0.4, -0.2) is 48.0 Å². The zero-order valence-electron chi connectivity index (χ0n) is 19.6. The van der Waals surface area contributed by atoms with E-state index in [1.165, 1.54) is 16.9 Å². The van der Waals surface area contributed by atoms with Crippen LogP contribution >= 0.6 is 22.7 Å². The number of rotatable bonds is 5. The summed E-state index contributed by atoms with van der Waals surface area (Å²) in [6, 6.07) is 12.2. The Morgan fingerprint density at radius 1 is 1.15 bits per heavy atom. The van der Waals surface area contributed by atoms with Crippen molar-refractivity contribution in [1.82, 2.24) is 15.2 Å². The van der Waals surface area contributed by atoms with E-state index in [0.29, 0.717) is 18.8 Å². The van der Waals surface area contributed by atoms with Gasteiger partial charge >= 0.3 is 0 Å². The highest BCUT2D eigenvalue weighted by Gasteiger charge is 2.54. The number of likely N-dealkylation sites (tertiary alicyclic amines) is 1. The average molecular weight is 496 g/mol. The second-order valence-corrected chi connectivity index (χ2v) is 11.2. The van der Waals surface area contributed by atoms with Crippen molar-refractivity contribution in [2.45, 2.75) is 44.2 Å². The molecule has 1 aliphatic carbocycles. The molecule has 0 saturated carbocycles. The van der Waals surface area contributed by atoms with Crippen molar-refractivity contribution in [3.05, 3.63) is 64.0 Å². The normalized spacial score (nSPS) is 21.1. The molecule has 6 nitrogen and oxygen atoms in total. The summed E-state index contributed by atoms with van der Waals surface area (Å²) in [5.74, 6) is -0.0896. The lowest BCUT2D eigenvalue weighted by atomic mass is 9.71. The molecule has 1 saturated heterocycles. The fourth-order valence-electron chi connectivity index (χ4n) is 5.40. The number of hydrogen-bond donors (Lipinski definition) is 1. The molecule has 5 rings (SSSR count). The standard InChI is InChI=1S/C26H29N3O3S2/c1-16(2)23(30)28-21-17-7-4-5-8-18(17)26(22(21)32-3)10-12-29(13-11-26)25(31)19-15-34-24(27-19)20-9-6-14-33-20/h4-9,14-16,21-22H,10-13H2,1-3H3,(H,28,30)/t21-,22+/m1/s1. The molecule has 1 fully saturated rings. The van der Waals surface area contributed by atoms with E-state index in [0.717, 1.165) is 28.3 Å². The van der Waals surface area contributed by atoms with Crippen LogP contribution in [0.15, 0.2) is 47.2 Å². The molecule has 1 spiro atoms. The topological polar surface area (TPSA) is 71.5 Å². The van der Waals surface area contributed by atoms with Gasteiger partial charge in [-0.05, 0) is 35.4 Å². The lowest BCUT2D eigenvalue weighted by Gasteiger charge is -2.44. The highest BCUT2D eigenvalue weighted by molar-refractivity contribution is 7.20. The summed E-state index contributed by atoms with van der Waals surface area (Å²) in [5, 5.41) is 8.00. The predicted molar refractivity (Wildman–Crippen MR) is 135 cm³/mol. The van der Waals surface area contributed by atoms with Crippen molar-refractivity contribution in [2.75, 3.05) is 20.2 Å². The molecule has 2 amide bonds. The number of thiazole rings is 1. The van der Waals surface area contributed by atoms with Crippen LogP contribution in [0.2, 0.25) is 0 Å². The fraction of sp³-hybridized carbons (Fsp3) is 0.423. The average Bonchev–Trinajstić information content (AvgIpc) is 3.59. The lowest BCUT2D eigenvalue weighted by Crippen LogP contribution is -2.52. The third-order valence-corrected chi connectivity index (χ3v) is 9.04. The summed E-state index contributed by atoms with van der Waals surface area (Å²) < 4.78 is 6.08. The number of hydrogen-bond acceptors (Lipinski definition) is 6. The van der Waals surface area contributed by atoms with Gasteiger partial charge in [0, 0.05) is 36.9 Å². The Hall–Kier alpha value is -2.55. The van der Waals surface area contributed by atoms with Crippen LogP contribution < -0.4 is 5.32 Å². The van der Waals surface area contributed by atoms with Gasteiger partial charge in [0.05, 0.1) is 17.0 Å². The Morgan fingerprint density at radius 3 is 2.59 bits per heavy atom. The second kappa shape index (κ2) is 9.24. The van der Waals surface area contributed by atoms with Crippen molar-refractivity contribution >= 4 is 34.5 Å². The van der Waals surface area contributed by atoms with E-state index in [2.05, 4.69) is 28.5 Å². The van der Waals surface area contributed by atoms with E-state index >= 15 is 0 Å². The first-order valence-electron chi connectivity index (χ1n) is 11.7. The largest absolute Gasteiger partial charge is 0.378 e. The lowest BCUT2D eigenvalue weighted by molar-refractivity contribution is -0.126. The first-order chi connectivity index (χ1) is 16.4. The van der Waals surface area contributed by atoms with Gasteiger partial charge in [0.25, 0.3) is 5.91 Å². The van der Waals surface area contributed by atoms with Crippen LogP contribution in [0.5, 0.6) is 0 Å². The second-order valence-electron chi connectivity index (χ2n) is 9.35. The van der Waals surface area contributed by atoms with Crippen molar-refractivity contribution < 1.29 is 14.3 Å². The summed E-state index contributed by atoms with van der Waals surface area (Å²) >= 11 is 3.14. The number of carbonyl (C=O) groups is 2. The minimum Gasteiger partial charge on any atom is -0.378 e. The first kappa shape index (κ1) is 23.2. The van der Waals surface area contributed by atoms with Gasteiger partial charge in [0.15, 0.2) is 0 Å². The molecule has 1 aliphatic heterocycles. The van der Waals surface area contributed by atoms with Crippen molar-refractivity contribution in [3.63, 3.8) is 0 Å². The van der Waals surface area contributed by atoms with Gasteiger partial charge in [-0.2, -0.15) is 0 Å². The zero-order chi connectivity index (χ0) is 23.9. The third kappa shape index (κ3) is 3.87. The van der Waals surface area contributed by atoms with E-state index in [9.17, 15) is 9.59 Å². The van der Waals surface area contributed by atoms with Crippen LogP contribution in [0.3, 0.4) is 0 Å². The summed E-state index contributed by atoms with van der Waals surface area (Å²) in [6.07, 6.45) is 1.39. The molecule has 3 aromatic rings. The molecule has 34 heavy (non-hydrogen) atoms. The van der Waals surface area contributed by atoms with Crippen molar-refractivity contribution in [1.29, 1.82) is 0 Å². The van der Waals surface area contributed by atoms with E-state index in [1.54, 1.807) is 18.4 Å². The first-order valence-corrected chi connectivity index (χ1v) is 13.4. The minimum atomic E-state index is -0.235. The number of thiophene rings is 1. The molecule has 3 heterocycles. The molecule has 0 unspecified atom stereocenters. The Balaban J connectivity index is 1.36. The van der Waals surface area contributed by atoms with Crippen molar-refractivity contribution in [2.24, 2.45) is 5.92 Å². The van der Waals surface area contributed by atoms with Crippen LogP contribution in [0.25, 0.3) is 9.88 Å². The number of carbonyl (C=O) groups excluding carboxylic acids is 2. The number of methoxy groups -OCH3 is 1. The summed E-state index contributed by atoms with van der Waals surface area (Å²) in [7, 11) is 1.73. The van der Waals surface area contributed by atoms with Crippen LogP contribution in [0, 0.1) is 5.92 Å². The molecule has 8 heteroatoms. The van der Waals surface area contributed by atoms with E-state index in [-0.39, 0.29) is 35.3 Å². The van der Waals surface area contributed by atoms with Gasteiger partial charge in [-0.3, -0.25) is 9.59 Å². The Labute approximate surface area is 208 Å². The minimum absolute atomic E-state index is 0.0150. The van der Waals surface area contributed by atoms with Crippen LogP contribution in [0.4, 0.5) is 0 Å². The monoisotopic (exact) mass is 495 g/mol. The maximum Gasteiger partial charge on any atom is 0.273 e. The van der Waals surface area contributed by atoms with Gasteiger partial charge in [0.1, 0.15) is 10.7 Å². The SMILES string of the molecule is CO[C@H]1[C@H](NC(=O)C(C)C)c2ccccc2C12CCN(C(=O)c1csc(-c3cccs3)n1)CC2. The smallest absolute Gasteiger partial charge is 0.273 e. The fourth-order valence-corrected chi connectivity index (χ4v) is 7.01. The molecular formula is C26H29N3O3S2. The molecule has 0 radical (unpaired) electrons. The number of aromatic nitrogens is 1. The van der Waals surface area contributed by atoms with Gasteiger partial charge in [-0.25, -0.2) is 4.98 Å². The molecule has 2 aromatic heterocycles. The van der Waals surface area contributed by atoms with E-state index in [1.807, 2.05) is 47.7 Å². The number of piperidine rings is 1. The number of ether oxygens (including phenoxy) is 1.